The van der Waals surface area contributed by atoms with Gasteiger partial charge in [-0.2, -0.15) is 0 Å². The molecule has 0 radical (unpaired) electrons. The summed E-state index contributed by atoms with van der Waals surface area (Å²) >= 11 is 17.5. The number of rotatable bonds is 5. The van der Waals surface area contributed by atoms with Crippen molar-refractivity contribution in [1.29, 1.82) is 0 Å². The number of carbonyl (C=O) groups excluding carboxylic acids is 2. The zero-order valence-corrected chi connectivity index (χ0v) is 24.6. The number of benzene rings is 2. The van der Waals surface area contributed by atoms with Crippen molar-refractivity contribution >= 4 is 57.0 Å². The standard InChI is InChI=1S/C28H23BrCl2N4O6/c1-41-22-13-16(8-10-21(22)36)7-9-19-18-11-12-33-25(39)34(17-5-3-2-4-6-17)26(40)35(33)20(18)14-27(30)23(37)32(15-29)24(38)28(19,27)31/h2-11,13,19-20,36H,12,14-15H2,1H3/t19-,20+,27+,28-/m0/s1. The Morgan fingerprint density at radius 3 is 2.49 bits per heavy atom. The third kappa shape index (κ3) is 3.75. The Balaban J connectivity index is 1.54. The van der Waals surface area contributed by atoms with Gasteiger partial charge in [0.05, 0.1) is 30.8 Å². The molecule has 4 atom stereocenters. The molecule has 0 bridgehead atoms. The van der Waals surface area contributed by atoms with E-state index in [1.54, 1.807) is 60.7 Å². The summed E-state index contributed by atoms with van der Waals surface area (Å²) in [6.45, 7) is 0.0453. The summed E-state index contributed by atoms with van der Waals surface area (Å²) in [5, 5.41) is 10.00. The first-order chi connectivity index (χ1) is 19.6. The zero-order chi connectivity index (χ0) is 29.3. The topological polar surface area (TPSA) is 116 Å². The fraction of sp³-hybridized carbons (Fsp3) is 0.286. The van der Waals surface area contributed by atoms with Gasteiger partial charge in [0, 0.05) is 12.3 Å². The Labute approximate surface area is 251 Å². The molecule has 2 aromatic carbocycles. The summed E-state index contributed by atoms with van der Waals surface area (Å²) in [4.78, 5) is 51.7. The predicted octanol–water partition coefficient (Wildman–Crippen LogP) is 3.41. The second-order valence-corrected chi connectivity index (χ2v) is 11.8. The summed E-state index contributed by atoms with van der Waals surface area (Å²) in [5.41, 5.74) is 0.358. The first-order valence-corrected chi connectivity index (χ1v) is 14.5. The Kier molecular flexibility index (Phi) is 6.59. The van der Waals surface area contributed by atoms with Gasteiger partial charge in [0.1, 0.15) is 0 Å². The van der Waals surface area contributed by atoms with E-state index in [0.29, 0.717) is 16.8 Å². The molecule has 212 valence electrons. The van der Waals surface area contributed by atoms with Crippen LogP contribution in [0.25, 0.3) is 11.8 Å². The number of nitrogens with zero attached hydrogens (tertiary/aromatic N) is 4. The zero-order valence-electron chi connectivity index (χ0n) is 21.5. The average Bonchev–Trinajstić information content (AvgIpc) is 3.31. The lowest BCUT2D eigenvalue weighted by molar-refractivity contribution is -0.138. The maximum Gasteiger partial charge on any atom is 0.352 e. The number of imide groups is 1. The quantitative estimate of drug-likeness (QED) is 0.194. The van der Waals surface area contributed by atoms with Crippen LogP contribution < -0.4 is 16.1 Å². The largest absolute Gasteiger partial charge is 0.504 e. The molecule has 0 spiro atoms. The molecule has 1 saturated heterocycles. The highest BCUT2D eigenvalue weighted by atomic mass is 79.9. The number of halogens is 3. The number of ether oxygens (including phenoxy) is 1. The third-order valence-corrected chi connectivity index (χ3v) is 9.97. The van der Waals surface area contributed by atoms with Crippen LogP contribution in [0.4, 0.5) is 0 Å². The lowest BCUT2D eigenvalue weighted by Gasteiger charge is -2.47. The van der Waals surface area contributed by atoms with Gasteiger partial charge in [-0.25, -0.2) is 23.5 Å². The maximum atomic E-state index is 13.8. The van der Waals surface area contributed by atoms with Crippen LogP contribution in [0, 0.1) is 5.92 Å². The van der Waals surface area contributed by atoms with E-state index < -0.39 is 44.9 Å². The van der Waals surface area contributed by atoms with E-state index in [1.807, 2.05) is 0 Å². The highest BCUT2D eigenvalue weighted by Crippen LogP contribution is 2.60. The van der Waals surface area contributed by atoms with E-state index in [0.717, 1.165) is 9.47 Å². The highest BCUT2D eigenvalue weighted by Gasteiger charge is 2.74. The van der Waals surface area contributed by atoms with Crippen LogP contribution in [-0.4, -0.2) is 58.1 Å². The van der Waals surface area contributed by atoms with Gasteiger partial charge in [-0.15, -0.1) is 23.2 Å². The number of amides is 2. The Bertz CT molecular complexity index is 1780. The summed E-state index contributed by atoms with van der Waals surface area (Å²) < 4.78 is 8.89. The van der Waals surface area contributed by atoms with Crippen molar-refractivity contribution in [3.8, 4) is 17.2 Å². The Hall–Kier alpha value is -3.54. The van der Waals surface area contributed by atoms with Crippen molar-refractivity contribution in [2.75, 3.05) is 12.6 Å². The molecule has 0 unspecified atom stereocenters. The van der Waals surface area contributed by atoms with Crippen LogP contribution in [0.5, 0.6) is 11.5 Å². The number of aromatic nitrogens is 3. The van der Waals surface area contributed by atoms with Crippen LogP contribution >= 0.6 is 39.1 Å². The van der Waals surface area contributed by atoms with E-state index >= 15 is 0 Å². The molecular formula is C28H23BrCl2N4O6. The number of likely N-dealkylation sites (tertiary alicyclic amines) is 1. The molecule has 3 aromatic rings. The third-order valence-electron chi connectivity index (χ3n) is 8.04. The number of fused-ring (bicyclic) bond motifs is 4. The number of phenols is 1. The predicted molar refractivity (Wildman–Crippen MR) is 156 cm³/mol. The summed E-state index contributed by atoms with van der Waals surface area (Å²) in [6, 6.07) is 12.4. The minimum Gasteiger partial charge on any atom is -0.504 e. The molecule has 3 aliphatic rings. The lowest BCUT2D eigenvalue weighted by Crippen LogP contribution is -2.60. The fourth-order valence-corrected chi connectivity index (χ4v) is 7.43. The SMILES string of the molecule is COc1cc(C=C[C@H]2C3=CCn4c(=O)n(-c5ccccc5)c(=O)n4[C@@H]3C[C@@]3(Cl)C(=O)N(CBr)C(=O)[C@@]23Cl)ccc1O. The molecular weight excluding hydrogens is 639 g/mol. The van der Waals surface area contributed by atoms with Gasteiger partial charge in [0.2, 0.25) is 0 Å². The molecule has 41 heavy (non-hydrogen) atoms. The molecule has 3 heterocycles. The van der Waals surface area contributed by atoms with Gasteiger partial charge < -0.3 is 9.84 Å². The van der Waals surface area contributed by atoms with Gasteiger partial charge in [0.15, 0.2) is 21.2 Å². The van der Waals surface area contributed by atoms with Crippen molar-refractivity contribution in [2.45, 2.75) is 28.8 Å². The smallest absolute Gasteiger partial charge is 0.352 e. The maximum absolute atomic E-state index is 13.8. The number of allylic oxidation sites excluding steroid dienone is 3. The van der Waals surface area contributed by atoms with E-state index in [2.05, 4.69) is 15.9 Å². The normalized spacial score (nSPS) is 27.0. The van der Waals surface area contributed by atoms with Crippen LogP contribution in [-0.2, 0) is 16.1 Å². The van der Waals surface area contributed by atoms with Gasteiger partial charge in [0.25, 0.3) is 11.8 Å². The molecule has 2 amide bonds. The number of methoxy groups -OCH3 is 1. The van der Waals surface area contributed by atoms with Crippen LogP contribution in [0.2, 0.25) is 0 Å². The average molecular weight is 662 g/mol. The van der Waals surface area contributed by atoms with Crippen molar-refractivity contribution in [2.24, 2.45) is 5.92 Å². The van der Waals surface area contributed by atoms with E-state index in [9.17, 15) is 24.3 Å². The summed E-state index contributed by atoms with van der Waals surface area (Å²) in [6.07, 6.45) is 4.94. The lowest BCUT2D eigenvalue weighted by atomic mass is 9.66. The monoisotopic (exact) mass is 660 g/mol. The molecule has 1 saturated carbocycles. The van der Waals surface area contributed by atoms with Gasteiger partial charge >= 0.3 is 11.4 Å². The molecule has 1 N–H and O–H groups in total. The second kappa shape index (κ2) is 9.78. The number of alkyl halides is 3. The second-order valence-electron chi connectivity index (χ2n) is 10.0. The molecule has 1 aromatic heterocycles. The fourth-order valence-electron chi connectivity index (χ4n) is 6.06. The first kappa shape index (κ1) is 27.6. The molecule has 6 rings (SSSR count). The van der Waals surface area contributed by atoms with Crippen LogP contribution in [0.15, 0.2) is 75.8 Å². The van der Waals surface area contributed by atoms with Crippen molar-refractivity contribution in [1.82, 2.24) is 18.8 Å². The van der Waals surface area contributed by atoms with Crippen LogP contribution in [0.3, 0.4) is 0 Å². The minimum atomic E-state index is -1.92. The van der Waals surface area contributed by atoms with Crippen LogP contribution in [0.1, 0.15) is 18.0 Å². The van der Waals surface area contributed by atoms with Crippen molar-refractivity contribution in [3.63, 3.8) is 0 Å². The van der Waals surface area contributed by atoms with Gasteiger partial charge in [-0.05, 0) is 35.4 Å². The number of carbonyl (C=O) groups is 2. The molecule has 2 fully saturated rings. The highest BCUT2D eigenvalue weighted by molar-refractivity contribution is 9.09. The number of hydrogen-bond acceptors (Lipinski definition) is 6. The van der Waals surface area contributed by atoms with Gasteiger partial charge in [-0.3, -0.25) is 14.5 Å². The van der Waals surface area contributed by atoms with E-state index in [-0.39, 0.29) is 29.9 Å². The van der Waals surface area contributed by atoms with E-state index in [4.69, 9.17) is 27.9 Å². The van der Waals surface area contributed by atoms with E-state index in [1.165, 1.54) is 22.5 Å². The minimum absolute atomic E-state index is 0.0453. The number of phenolic OH excluding ortho intramolecular Hbond substituents is 1. The molecule has 10 nitrogen and oxygen atoms in total. The number of hydrogen-bond donors (Lipinski definition) is 1. The summed E-state index contributed by atoms with van der Waals surface area (Å²) in [5.74, 6) is -2.08. The molecule has 1 aliphatic carbocycles. The first-order valence-electron chi connectivity index (χ1n) is 12.6. The molecule has 13 heteroatoms. The van der Waals surface area contributed by atoms with Gasteiger partial charge in [-0.1, -0.05) is 58.4 Å². The molecule has 2 aliphatic heterocycles. The summed E-state index contributed by atoms with van der Waals surface area (Å²) in [7, 11) is 1.42. The van der Waals surface area contributed by atoms with Crippen molar-refractivity contribution in [3.05, 3.63) is 92.8 Å². The number of aromatic hydroxyl groups is 1. The Morgan fingerprint density at radius 1 is 1.07 bits per heavy atom. The van der Waals surface area contributed by atoms with Crippen molar-refractivity contribution < 1.29 is 19.4 Å². The number of para-hydroxylation sites is 1. The Morgan fingerprint density at radius 2 is 1.80 bits per heavy atom.